The summed E-state index contributed by atoms with van der Waals surface area (Å²) < 4.78 is 0. The molecule has 0 N–H and O–H groups in total. The highest BCUT2D eigenvalue weighted by Crippen LogP contribution is 2.42. The SMILES string of the molecule is CC(C)(C)c1ccc2c(c1C(C)(C)C)N=CCC2. The molecule has 1 heterocycles. The Bertz CT molecular complexity index is 482. The molecule has 0 amide bonds. The molecule has 0 aromatic heterocycles. The zero-order chi connectivity index (χ0) is 13.6. The Kier molecular flexibility index (Phi) is 3.12. The number of nitrogens with zero attached hydrogens (tertiary/aromatic N) is 1. The lowest BCUT2D eigenvalue weighted by Gasteiger charge is -2.33. The minimum absolute atomic E-state index is 0.142. The van der Waals surface area contributed by atoms with E-state index < -0.39 is 0 Å². The van der Waals surface area contributed by atoms with Gasteiger partial charge in [-0.2, -0.15) is 0 Å². The first-order valence-electron chi connectivity index (χ1n) is 6.90. The van der Waals surface area contributed by atoms with Gasteiger partial charge in [0.2, 0.25) is 0 Å². The maximum absolute atomic E-state index is 4.71. The van der Waals surface area contributed by atoms with Crippen LogP contribution in [0.4, 0.5) is 5.69 Å². The van der Waals surface area contributed by atoms with Crippen LogP contribution >= 0.6 is 0 Å². The Balaban J connectivity index is 2.75. The van der Waals surface area contributed by atoms with Crippen LogP contribution in [0.1, 0.15) is 64.7 Å². The fourth-order valence-electron chi connectivity index (χ4n) is 2.74. The van der Waals surface area contributed by atoms with Crippen LogP contribution < -0.4 is 0 Å². The first kappa shape index (κ1) is 13.3. The molecule has 0 saturated carbocycles. The largest absolute Gasteiger partial charge is 0.261 e. The van der Waals surface area contributed by atoms with E-state index >= 15 is 0 Å². The third kappa shape index (κ3) is 2.36. The molecule has 0 unspecified atom stereocenters. The lowest BCUT2D eigenvalue weighted by molar-refractivity contribution is 0.530. The minimum atomic E-state index is 0.142. The zero-order valence-corrected chi connectivity index (χ0v) is 12.6. The summed E-state index contributed by atoms with van der Waals surface area (Å²) in [4.78, 5) is 4.71. The van der Waals surface area contributed by atoms with Crippen molar-refractivity contribution in [3.8, 4) is 0 Å². The van der Waals surface area contributed by atoms with E-state index in [4.69, 9.17) is 4.99 Å². The molecular weight excluding hydrogens is 218 g/mol. The molecule has 1 aliphatic rings. The second-order valence-corrected chi connectivity index (χ2v) is 7.35. The summed E-state index contributed by atoms with van der Waals surface area (Å²) in [5, 5.41) is 0. The lowest BCUT2D eigenvalue weighted by Crippen LogP contribution is -2.23. The number of aryl methyl sites for hydroxylation is 1. The van der Waals surface area contributed by atoms with Crippen LogP contribution in [0.25, 0.3) is 0 Å². The van der Waals surface area contributed by atoms with E-state index in [1.807, 2.05) is 0 Å². The van der Waals surface area contributed by atoms with Crippen LogP contribution in [0.5, 0.6) is 0 Å². The van der Waals surface area contributed by atoms with Crippen LogP contribution in [0.2, 0.25) is 0 Å². The topological polar surface area (TPSA) is 12.4 Å². The molecule has 18 heavy (non-hydrogen) atoms. The summed E-state index contributed by atoms with van der Waals surface area (Å²) in [6.07, 6.45) is 4.28. The fraction of sp³-hybridized carbons (Fsp3) is 0.588. The van der Waals surface area contributed by atoms with Crippen LogP contribution in [-0.2, 0) is 17.3 Å². The average Bonchev–Trinajstić information content (AvgIpc) is 2.24. The first-order valence-corrected chi connectivity index (χ1v) is 6.90. The van der Waals surface area contributed by atoms with Gasteiger partial charge in [0.05, 0.1) is 5.69 Å². The van der Waals surface area contributed by atoms with Gasteiger partial charge in [0.15, 0.2) is 0 Å². The summed E-state index contributed by atoms with van der Waals surface area (Å²) >= 11 is 0. The van der Waals surface area contributed by atoms with Crippen molar-refractivity contribution >= 4 is 11.9 Å². The van der Waals surface area contributed by atoms with Gasteiger partial charge >= 0.3 is 0 Å². The predicted octanol–water partition coefficient (Wildman–Crippen LogP) is 4.93. The number of fused-ring (bicyclic) bond motifs is 1. The molecule has 0 spiro atoms. The van der Waals surface area contributed by atoms with E-state index in [9.17, 15) is 0 Å². The van der Waals surface area contributed by atoms with Crippen molar-refractivity contribution in [1.29, 1.82) is 0 Å². The molecule has 0 fully saturated rings. The lowest BCUT2D eigenvalue weighted by atomic mass is 9.73. The van der Waals surface area contributed by atoms with Gasteiger partial charge < -0.3 is 0 Å². The van der Waals surface area contributed by atoms with E-state index in [-0.39, 0.29) is 10.8 Å². The summed E-state index contributed by atoms with van der Waals surface area (Å²) in [6.45, 7) is 13.7. The van der Waals surface area contributed by atoms with Crippen molar-refractivity contribution in [3.05, 3.63) is 28.8 Å². The Morgan fingerprint density at radius 1 is 0.944 bits per heavy atom. The second kappa shape index (κ2) is 4.22. The van der Waals surface area contributed by atoms with Crippen molar-refractivity contribution < 1.29 is 0 Å². The number of rotatable bonds is 0. The van der Waals surface area contributed by atoms with Gasteiger partial charge in [-0.05, 0) is 40.4 Å². The van der Waals surface area contributed by atoms with E-state index in [0.717, 1.165) is 12.8 Å². The third-order valence-electron chi connectivity index (χ3n) is 3.58. The molecule has 0 bridgehead atoms. The Morgan fingerprint density at radius 3 is 2.17 bits per heavy atom. The average molecular weight is 243 g/mol. The van der Waals surface area contributed by atoms with Crippen LogP contribution in [0, 0.1) is 0 Å². The maximum atomic E-state index is 4.71. The first-order chi connectivity index (χ1) is 8.21. The van der Waals surface area contributed by atoms with Crippen molar-refractivity contribution in [2.24, 2.45) is 4.99 Å². The normalized spacial score (nSPS) is 15.7. The number of benzene rings is 1. The molecule has 1 aromatic carbocycles. The number of hydrogen-bond donors (Lipinski definition) is 0. The van der Waals surface area contributed by atoms with Crippen molar-refractivity contribution in [2.75, 3.05) is 0 Å². The van der Waals surface area contributed by atoms with E-state index in [0.29, 0.717) is 0 Å². The quantitative estimate of drug-likeness (QED) is 0.612. The third-order valence-corrected chi connectivity index (χ3v) is 3.58. The molecule has 2 rings (SSSR count). The highest BCUT2D eigenvalue weighted by Gasteiger charge is 2.29. The van der Waals surface area contributed by atoms with Crippen molar-refractivity contribution in [2.45, 2.75) is 65.2 Å². The van der Waals surface area contributed by atoms with Gasteiger partial charge in [-0.15, -0.1) is 0 Å². The van der Waals surface area contributed by atoms with E-state index in [2.05, 4.69) is 59.9 Å². The van der Waals surface area contributed by atoms with Gasteiger partial charge in [0.25, 0.3) is 0 Å². The Hall–Kier alpha value is -1.11. The maximum Gasteiger partial charge on any atom is 0.0698 e. The van der Waals surface area contributed by atoms with Crippen LogP contribution in [-0.4, -0.2) is 6.21 Å². The van der Waals surface area contributed by atoms with Crippen molar-refractivity contribution in [3.63, 3.8) is 0 Å². The summed E-state index contributed by atoms with van der Waals surface area (Å²) in [5.41, 5.74) is 5.83. The molecule has 1 aromatic rings. The molecule has 0 saturated heterocycles. The van der Waals surface area contributed by atoms with Crippen LogP contribution in [0.15, 0.2) is 17.1 Å². The summed E-state index contributed by atoms with van der Waals surface area (Å²) in [6, 6.07) is 4.60. The highest BCUT2D eigenvalue weighted by molar-refractivity contribution is 5.73. The summed E-state index contributed by atoms with van der Waals surface area (Å²) in [7, 11) is 0. The van der Waals surface area contributed by atoms with E-state index in [1.54, 1.807) is 0 Å². The highest BCUT2D eigenvalue weighted by atomic mass is 14.7. The molecule has 1 heteroatoms. The fourth-order valence-corrected chi connectivity index (χ4v) is 2.74. The summed E-state index contributed by atoms with van der Waals surface area (Å²) in [5.74, 6) is 0. The molecule has 0 radical (unpaired) electrons. The smallest absolute Gasteiger partial charge is 0.0698 e. The molecular formula is C17H25N. The predicted molar refractivity (Wildman–Crippen MR) is 80.3 cm³/mol. The molecule has 0 aliphatic carbocycles. The zero-order valence-electron chi connectivity index (χ0n) is 12.6. The standard InChI is InChI=1S/C17H25N/c1-16(2,3)13-10-9-12-8-7-11-18-15(12)14(13)17(4,5)6/h9-11H,7-8H2,1-6H3. The number of aliphatic imine (C=N–C) groups is 1. The van der Waals surface area contributed by atoms with Gasteiger partial charge in [0.1, 0.15) is 0 Å². The monoisotopic (exact) mass is 243 g/mol. The minimum Gasteiger partial charge on any atom is -0.261 e. The molecule has 1 nitrogen and oxygen atoms in total. The van der Waals surface area contributed by atoms with Gasteiger partial charge in [-0.1, -0.05) is 53.7 Å². The number of hydrogen-bond acceptors (Lipinski definition) is 1. The molecule has 1 aliphatic heterocycles. The van der Waals surface area contributed by atoms with Crippen LogP contribution in [0.3, 0.4) is 0 Å². The Morgan fingerprint density at radius 2 is 1.61 bits per heavy atom. The molecule has 98 valence electrons. The van der Waals surface area contributed by atoms with E-state index in [1.165, 1.54) is 22.4 Å². The van der Waals surface area contributed by atoms with Gasteiger partial charge in [0, 0.05) is 6.21 Å². The Labute approximate surface area is 111 Å². The van der Waals surface area contributed by atoms with Crippen molar-refractivity contribution in [1.82, 2.24) is 0 Å². The van der Waals surface area contributed by atoms with Gasteiger partial charge in [-0.3, -0.25) is 4.99 Å². The second-order valence-electron chi connectivity index (χ2n) is 7.35. The molecule has 0 atom stereocenters. The van der Waals surface area contributed by atoms with Gasteiger partial charge in [-0.25, -0.2) is 0 Å².